The second kappa shape index (κ2) is 7.19. The number of ether oxygens (including phenoxy) is 1. The molecule has 5 nitrogen and oxygen atoms in total. The number of alkyl halides is 3. The van der Waals surface area contributed by atoms with E-state index in [0.717, 1.165) is 12.1 Å². The molecular weight excluding hydrogens is 315 g/mol. The molecule has 124 valence electrons. The van der Waals surface area contributed by atoms with Gasteiger partial charge >= 0.3 is 6.36 Å². The molecule has 1 aromatic carbocycles. The number of nitrogens with one attached hydrogen (secondary N) is 1. The summed E-state index contributed by atoms with van der Waals surface area (Å²) in [6, 6.07) is 7.56. The molecular formula is C15H14F3NO4. The quantitative estimate of drug-likeness (QED) is 0.854. The average molecular weight is 329 g/mol. The molecule has 2 rings (SSSR count). The molecule has 0 saturated carbocycles. The summed E-state index contributed by atoms with van der Waals surface area (Å²) in [4.78, 5) is 11.9. The van der Waals surface area contributed by atoms with Crippen molar-refractivity contribution < 1.29 is 32.2 Å². The first kappa shape index (κ1) is 16.9. The zero-order valence-corrected chi connectivity index (χ0v) is 11.8. The van der Waals surface area contributed by atoms with Gasteiger partial charge in [-0.15, -0.1) is 13.2 Å². The largest absolute Gasteiger partial charge is 0.573 e. The van der Waals surface area contributed by atoms with Crippen molar-refractivity contribution in [1.82, 2.24) is 5.32 Å². The first-order valence-electron chi connectivity index (χ1n) is 6.65. The average Bonchev–Trinajstić information content (AvgIpc) is 2.99. The minimum atomic E-state index is -4.75. The smallest absolute Gasteiger partial charge is 0.467 e. The van der Waals surface area contributed by atoms with Crippen molar-refractivity contribution in [2.75, 3.05) is 6.61 Å². The summed E-state index contributed by atoms with van der Waals surface area (Å²) in [5, 5.41) is 11.8. The highest BCUT2D eigenvalue weighted by atomic mass is 19.4. The molecule has 0 radical (unpaired) electrons. The molecule has 1 amide bonds. The van der Waals surface area contributed by atoms with Gasteiger partial charge in [0.05, 0.1) is 19.3 Å². The van der Waals surface area contributed by atoms with Crippen LogP contribution < -0.4 is 10.1 Å². The van der Waals surface area contributed by atoms with Crippen LogP contribution in [0.3, 0.4) is 0 Å². The van der Waals surface area contributed by atoms with Crippen LogP contribution in [0.2, 0.25) is 0 Å². The van der Waals surface area contributed by atoms with Gasteiger partial charge in [0.2, 0.25) is 5.91 Å². The molecule has 1 unspecified atom stereocenters. The zero-order chi connectivity index (χ0) is 16.9. The number of carbonyl (C=O) groups is 1. The molecule has 0 saturated heterocycles. The Labute approximate surface area is 129 Å². The van der Waals surface area contributed by atoms with Crippen molar-refractivity contribution in [3.8, 4) is 5.75 Å². The van der Waals surface area contributed by atoms with Crippen LogP contribution in [-0.2, 0) is 11.2 Å². The standard InChI is InChI=1S/C15H14F3NO4/c16-15(17,18)23-11-5-3-10(4-6-11)8-14(21)19-12(9-20)13-2-1-7-22-13/h1-7,12,20H,8-9H2,(H,19,21). The molecule has 1 aromatic heterocycles. The predicted molar refractivity (Wildman–Crippen MR) is 73.5 cm³/mol. The van der Waals surface area contributed by atoms with E-state index in [1.54, 1.807) is 12.1 Å². The lowest BCUT2D eigenvalue weighted by atomic mass is 10.1. The summed E-state index contributed by atoms with van der Waals surface area (Å²) in [5.41, 5.74) is 0.508. The molecule has 0 spiro atoms. The molecule has 0 bridgehead atoms. The highest BCUT2D eigenvalue weighted by molar-refractivity contribution is 5.79. The molecule has 1 atom stereocenters. The molecule has 23 heavy (non-hydrogen) atoms. The van der Waals surface area contributed by atoms with Gasteiger partial charge in [0.1, 0.15) is 17.6 Å². The Kier molecular flexibility index (Phi) is 5.28. The summed E-state index contributed by atoms with van der Waals surface area (Å²) >= 11 is 0. The van der Waals surface area contributed by atoms with Gasteiger partial charge in [-0.2, -0.15) is 0 Å². The monoisotopic (exact) mass is 329 g/mol. The normalized spacial score (nSPS) is 12.7. The number of rotatable bonds is 6. The summed E-state index contributed by atoms with van der Waals surface area (Å²) in [6.45, 7) is -0.336. The van der Waals surface area contributed by atoms with Crippen LogP contribution in [0.25, 0.3) is 0 Å². The SMILES string of the molecule is O=C(Cc1ccc(OC(F)(F)F)cc1)NC(CO)c1ccco1. The van der Waals surface area contributed by atoms with Gasteiger partial charge in [-0.3, -0.25) is 4.79 Å². The third-order valence-corrected chi connectivity index (χ3v) is 2.93. The fraction of sp³-hybridized carbons (Fsp3) is 0.267. The van der Waals surface area contributed by atoms with Crippen LogP contribution in [-0.4, -0.2) is 24.0 Å². The number of furan rings is 1. The Hall–Kier alpha value is -2.48. The van der Waals surface area contributed by atoms with E-state index in [1.165, 1.54) is 18.4 Å². The Bertz CT molecular complexity index is 623. The van der Waals surface area contributed by atoms with Gasteiger partial charge in [-0.05, 0) is 29.8 Å². The van der Waals surface area contributed by atoms with Crippen molar-refractivity contribution in [3.05, 3.63) is 54.0 Å². The van der Waals surface area contributed by atoms with Crippen molar-refractivity contribution in [3.63, 3.8) is 0 Å². The predicted octanol–water partition coefficient (Wildman–Crippen LogP) is 2.57. The van der Waals surface area contributed by atoms with Crippen LogP contribution in [0.15, 0.2) is 47.1 Å². The van der Waals surface area contributed by atoms with Gasteiger partial charge < -0.3 is 19.6 Å². The van der Waals surface area contributed by atoms with Gasteiger partial charge in [0.25, 0.3) is 0 Å². The molecule has 0 aliphatic carbocycles. The van der Waals surface area contributed by atoms with Crippen LogP contribution >= 0.6 is 0 Å². The van der Waals surface area contributed by atoms with Crippen LogP contribution in [0.1, 0.15) is 17.4 Å². The van der Waals surface area contributed by atoms with E-state index >= 15 is 0 Å². The minimum absolute atomic E-state index is 0.0521. The lowest BCUT2D eigenvalue weighted by Crippen LogP contribution is -2.31. The highest BCUT2D eigenvalue weighted by Gasteiger charge is 2.31. The maximum absolute atomic E-state index is 12.1. The third-order valence-electron chi connectivity index (χ3n) is 2.93. The van der Waals surface area contributed by atoms with E-state index in [0.29, 0.717) is 11.3 Å². The Balaban J connectivity index is 1.92. The number of halogens is 3. The molecule has 0 aliphatic rings. The van der Waals surface area contributed by atoms with Gasteiger partial charge in [-0.25, -0.2) is 0 Å². The summed E-state index contributed by atoms with van der Waals surface area (Å²) in [5.74, 6) is -0.342. The fourth-order valence-electron chi connectivity index (χ4n) is 1.94. The van der Waals surface area contributed by atoms with Crippen molar-refractivity contribution in [1.29, 1.82) is 0 Å². The summed E-state index contributed by atoms with van der Waals surface area (Å²) in [6.07, 6.45) is -3.39. The van der Waals surface area contributed by atoms with E-state index in [-0.39, 0.29) is 18.8 Å². The van der Waals surface area contributed by atoms with E-state index < -0.39 is 18.3 Å². The van der Waals surface area contributed by atoms with E-state index in [1.807, 2.05) is 0 Å². The first-order valence-corrected chi connectivity index (χ1v) is 6.65. The van der Waals surface area contributed by atoms with Crippen molar-refractivity contribution in [2.24, 2.45) is 0 Å². The van der Waals surface area contributed by atoms with E-state index in [2.05, 4.69) is 10.1 Å². The van der Waals surface area contributed by atoms with Crippen molar-refractivity contribution >= 4 is 5.91 Å². The van der Waals surface area contributed by atoms with E-state index in [9.17, 15) is 23.1 Å². The lowest BCUT2D eigenvalue weighted by molar-refractivity contribution is -0.274. The number of hydrogen-bond acceptors (Lipinski definition) is 4. The topological polar surface area (TPSA) is 71.7 Å². The number of amides is 1. The van der Waals surface area contributed by atoms with Crippen molar-refractivity contribution in [2.45, 2.75) is 18.8 Å². The molecule has 2 N–H and O–H groups in total. The number of aliphatic hydroxyl groups excluding tert-OH is 1. The molecule has 0 aliphatic heterocycles. The van der Waals surface area contributed by atoms with E-state index in [4.69, 9.17) is 4.42 Å². The summed E-state index contributed by atoms with van der Waals surface area (Å²) < 4.78 is 45.0. The molecule has 2 aromatic rings. The number of aliphatic hydroxyl groups is 1. The fourth-order valence-corrected chi connectivity index (χ4v) is 1.94. The number of carbonyl (C=O) groups excluding carboxylic acids is 1. The number of hydrogen-bond donors (Lipinski definition) is 2. The Morgan fingerprint density at radius 1 is 1.26 bits per heavy atom. The molecule has 1 heterocycles. The third kappa shape index (κ3) is 5.33. The van der Waals surface area contributed by atoms with Gasteiger partial charge in [0.15, 0.2) is 0 Å². The second-order valence-corrected chi connectivity index (χ2v) is 4.69. The Morgan fingerprint density at radius 2 is 1.96 bits per heavy atom. The maximum Gasteiger partial charge on any atom is 0.573 e. The van der Waals surface area contributed by atoms with Crippen LogP contribution in [0, 0.1) is 0 Å². The molecule has 0 fully saturated rings. The molecule has 8 heteroatoms. The van der Waals surface area contributed by atoms with Crippen LogP contribution in [0.5, 0.6) is 5.75 Å². The lowest BCUT2D eigenvalue weighted by Gasteiger charge is -2.14. The highest BCUT2D eigenvalue weighted by Crippen LogP contribution is 2.23. The second-order valence-electron chi connectivity index (χ2n) is 4.69. The maximum atomic E-state index is 12.1. The van der Waals surface area contributed by atoms with Gasteiger partial charge in [-0.1, -0.05) is 12.1 Å². The number of benzene rings is 1. The zero-order valence-electron chi connectivity index (χ0n) is 11.8. The summed E-state index contributed by atoms with van der Waals surface area (Å²) in [7, 11) is 0. The minimum Gasteiger partial charge on any atom is -0.467 e. The van der Waals surface area contributed by atoms with Gasteiger partial charge in [0, 0.05) is 0 Å². The first-order chi connectivity index (χ1) is 10.9. The van der Waals surface area contributed by atoms with Crippen LogP contribution in [0.4, 0.5) is 13.2 Å². The Morgan fingerprint density at radius 3 is 2.48 bits per heavy atom.